The fraction of sp³-hybridized carbons (Fsp3) is 0.615. The van der Waals surface area contributed by atoms with Crippen molar-refractivity contribution in [3.63, 3.8) is 0 Å². The number of halogens is 1. The van der Waals surface area contributed by atoms with Gasteiger partial charge >= 0.3 is 0 Å². The summed E-state index contributed by atoms with van der Waals surface area (Å²) in [5.74, 6) is -1.36. The van der Waals surface area contributed by atoms with E-state index in [4.69, 9.17) is 0 Å². The highest BCUT2D eigenvalue weighted by Gasteiger charge is 2.30. The average Bonchev–Trinajstić information content (AvgIpc) is 2.87. The monoisotopic (exact) mass is 345 g/mol. The molecule has 23 heavy (non-hydrogen) atoms. The van der Waals surface area contributed by atoms with Gasteiger partial charge in [-0.15, -0.1) is 0 Å². The van der Waals surface area contributed by atoms with Crippen LogP contribution in [0.25, 0.3) is 0 Å². The van der Waals surface area contributed by atoms with E-state index in [0.717, 1.165) is 6.26 Å². The van der Waals surface area contributed by atoms with E-state index in [0.29, 0.717) is 25.9 Å². The van der Waals surface area contributed by atoms with E-state index in [1.165, 1.54) is 21.4 Å². The number of amides is 1. The zero-order chi connectivity index (χ0) is 17.0. The van der Waals surface area contributed by atoms with Crippen molar-refractivity contribution < 1.29 is 17.6 Å². The molecule has 128 valence electrons. The van der Waals surface area contributed by atoms with Crippen molar-refractivity contribution in [2.75, 3.05) is 19.3 Å². The highest BCUT2D eigenvalue weighted by atomic mass is 32.2. The number of aromatic nitrogens is 2. The highest BCUT2D eigenvalue weighted by molar-refractivity contribution is 7.88. The molecular weight excluding hydrogens is 325 g/mol. The maximum Gasteiger partial charge on any atom is 0.244 e. The number of sulfonamides is 1. The zero-order valence-electron chi connectivity index (χ0n) is 13.1. The Balaban J connectivity index is 1.94. The fourth-order valence-corrected chi connectivity index (χ4v) is 3.32. The van der Waals surface area contributed by atoms with Gasteiger partial charge in [0.05, 0.1) is 30.1 Å². The van der Waals surface area contributed by atoms with Gasteiger partial charge in [-0.1, -0.05) is 0 Å². The third-order valence-electron chi connectivity index (χ3n) is 3.70. The van der Waals surface area contributed by atoms with Gasteiger partial charge in [0.15, 0.2) is 0 Å². The number of carbonyl (C=O) groups excluding carboxylic acids is 1. The van der Waals surface area contributed by atoms with E-state index in [2.05, 4.69) is 15.6 Å². The van der Waals surface area contributed by atoms with E-state index >= 15 is 0 Å². The predicted octanol–water partition coefficient (Wildman–Crippen LogP) is 0.164. The standard InChI is InChI=1S/C13H20FN5O3S/c1-3-19-12(14)11(8-16-19)7-15-17-13(20)10-5-4-6-18(9-10)23(2,21)22/h7-8,10H,3-6,9H2,1-2H3,(H,17,20). The molecule has 1 aliphatic rings. The largest absolute Gasteiger partial charge is 0.273 e. The van der Waals surface area contributed by atoms with Gasteiger partial charge in [-0.05, 0) is 19.8 Å². The molecule has 1 saturated heterocycles. The van der Waals surface area contributed by atoms with Gasteiger partial charge in [0.2, 0.25) is 21.9 Å². The number of nitrogens with zero attached hydrogens (tertiary/aromatic N) is 4. The van der Waals surface area contributed by atoms with Crippen LogP contribution in [0, 0.1) is 11.9 Å². The molecular formula is C13H20FN5O3S. The van der Waals surface area contributed by atoms with E-state index in [-0.39, 0.29) is 18.0 Å². The molecule has 2 rings (SSSR count). The topological polar surface area (TPSA) is 96.7 Å². The van der Waals surface area contributed by atoms with Gasteiger partial charge in [0.25, 0.3) is 0 Å². The Morgan fingerprint density at radius 3 is 2.96 bits per heavy atom. The Kier molecular flexibility index (Phi) is 5.47. The van der Waals surface area contributed by atoms with Crippen molar-refractivity contribution in [1.82, 2.24) is 19.5 Å². The molecule has 0 saturated carbocycles. The lowest BCUT2D eigenvalue weighted by molar-refractivity contribution is -0.126. The lowest BCUT2D eigenvalue weighted by Crippen LogP contribution is -2.44. The Labute approximate surface area is 134 Å². The van der Waals surface area contributed by atoms with Gasteiger partial charge < -0.3 is 0 Å². The minimum Gasteiger partial charge on any atom is -0.273 e. The van der Waals surface area contributed by atoms with E-state index in [1.807, 2.05) is 0 Å². The van der Waals surface area contributed by atoms with Crippen LogP contribution >= 0.6 is 0 Å². The number of hydrazone groups is 1. The Bertz CT molecular complexity index is 700. The van der Waals surface area contributed by atoms with Crippen molar-refractivity contribution in [2.45, 2.75) is 26.3 Å². The molecule has 0 radical (unpaired) electrons. The molecule has 1 aromatic rings. The zero-order valence-corrected chi connectivity index (χ0v) is 13.9. The molecule has 0 bridgehead atoms. The molecule has 0 spiro atoms. The predicted molar refractivity (Wildman–Crippen MR) is 82.7 cm³/mol. The van der Waals surface area contributed by atoms with Crippen LogP contribution in [-0.4, -0.2) is 54.0 Å². The third kappa shape index (κ3) is 4.35. The Morgan fingerprint density at radius 1 is 1.61 bits per heavy atom. The van der Waals surface area contributed by atoms with Gasteiger partial charge in [-0.25, -0.2) is 22.8 Å². The molecule has 1 N–H and O–H groups in total. The first-order chi connectivity index (χ1) is 10.8. The molecule has 0 aromatic carbocycles. The van der Waals surface area contributed by atoms with Crippen LogP contribution in [0.4, 0.5) is 4.39 Å². The first kappa shape index (κ1) is 17.5. The smallest absolute Gasteiger partial charge is 0.244 e. The van der Waals surface area contributed by atoms with Crippen LogP contribution in [0.3, 0.4) is 0 Å². The van der Waals surface area contributed by atoms with Gasteiger partial charge in [-0.3, -0.25) is 4.79 Å². The van der Waals surface area contributed by atoms with Crippen molar-refractivity contribution in [2.24, 2.45) is 11.0 Å². The minimum absolute atomic E-state index is 0.141. The first-order valence-corrected chi connectivity index (χ1v) is 9.17. The second-order valence-electron chi connectivity index (χ2n) is 5.40. The number of hydrogen-bond acceptors (Lipinski definition) is 5. The maximum absolute atomic E-state index is 13.7. The second-order valence-corrected chi connectivity index (χ2v) is 7.38. The Hall–Kier alpha value is -1.81. The summed E-state index contributed by atoms with van der Waals surface area (Å²) in [6.45, 7) is 2.72. The number of piperidine rings is 1. The fourth-order valence-electron chi connectivity index (χ4n) is 2.41. The quantitative estimate of drug-likeness (QED) is 0.607. The van der Waals surface area contributed by atoms with Gasteiger partial charge in [-0.2, -0.15) is 14.6 Å². The van der Waals surface area contributed by atoms with E-state index in [9.17, 15) is 17.6 Å². The van der Waals surface area contributed by atoms with E-state index < -0.39 is 21.9 Å². The molecule has 1 aliphatic heterocycles. The van der Waals surface area contributed by atoms with E-state index in [1.54, 1.807) is 6.92 Å². The number of nitrogens with one attached hydrogen (secondary N) is 1. The summed E-state index contributed by atoms with van der Waals surface area (Å²) >= 11 is 0. The van der Waals surface area contributed by atoms with Crippen LogP contribution in [-0.2, 0) is 21.4 Å². The molecule has 1 unspecified atom stereocenters. The van der Waals surface area contributed by atoms with Gasteiger partial charge in [0.1, 0.15) is 0 Å². The summed E-state index contributed by atoms with van der Waals surface area (Å²) in [5.41, 5.74) is 2.51. The summed E-state index contributed by atoms with van der Waals surface area (Å²) < 4.78 is 39.3. The molecule has 10 heteroatoms. The summed E-state index contributed by atoms with van der Waals surface area (Å²) in [4.78, 5) is 12.0. The molecule has 0 aliphatic carbocycles. The molecule has 8 nitrogen and oxygen atoms in total. The average molecular weight is 345 g/mol. The van der Waals surface area contributed by atoms with Crippen LogP contribution < -0.4 is 5.43 Å². The number of carbonyl (C=O) groups is 1. The minimum atomic E-state index is -3.31. The summed E-state index contributed by atoms with van der Waals surface area (Å²) in [6.07, 6.45) is 4.84. The molecule has 1 amide bonds. The van der Waals surface area contributed by atoms with Crippen molar-refractivity contribution in [1.29, 1.82) is 0 Å². The number of hydrogen-bond donors (Lipinski definition) is 1. The van der Waals surface area contributed by atoms with Gasteiger partial charge in [0, 0.05) is 19.6 Å². The van der Waals surface area contributed by atoms with Crippen LogP contribution in [0.5, 0.6) is 0 Å². The Morgan fingerprint density at radius 2 is 2.35 bits per heavy atom. The molecule has 1 fully saturated rings. The van der Waals surface area contributed by atoms with Crippen molar-refractivity contribution in [3.05, 3.63) is 17.7 Å². The number of rotatable bonds is 5. The highest BCUT2D eigenvalue weighted by Crippen LogP contribution is 2.18. The lowest BCUT2D eigenvalue weighted by Gasteiger charge is -2.29. The molecule has 1 aromatic heterocycles. The number of aryl methyl sites for hydroxylation is 1. The summed E-state index contributed by atoms with van der Waals surface area (Å²) in [7, 11) is -3.31. The first-order valence-electron chi connectivity index (χ1n) is 7.32. The third-order valence-corrected chi connectivity index (χ3v) is 4.97. The maximum atomic E-state index is 13.7. The normalized spacial score (nSPS) is 20.0. The summed E-state index contributed by atoms with van der Waals surface area (Å²) in [5, 5.41) is 7.55. The lowest BCUT2D eigenvalue weighted by atomic mass is 9.99. The molecule has 1 atom stereocenters. The van der Waals surface area contributed by atoms with Crippen molar-refractivity contribution >= 4 is 22.1 Å². The van der Waals surface area contributed by atoms with Crippen LogP contribution in [0.2, 0.25) is 0 Å². The van der Waals surface area contributed by atoms with Crippen LogP contribution in [0.15, 0.2) is 11.3 Å². The SMILES string of the molecule is CCn1ncc(C=NNC(=O)C2CCCN(S(C)(=O)=O)C2)c1F. The van der Waals surface area contributed by atoms with Crippen LogP contribution in [0.1, 0.15) is 25.3 Å². The van der Waals surface area contributed by atoms with Crippen molar-refractivity contribution in [3.8, 4) is 0 Å². The second kappa shape index (κ2) is 7.18. The molecule has 2 heterocycles. The summed E-state index contributed by atoms with van der Waals surface area (Å²) in [6, 6.07) is 0.